The second-order valence-corrected chi connectivity index (χ2v) is 4.67. The third-order valence-electron chi connectivity index (χ3n) is 2.92. The van der Waals surface area contributed by atoms with Gasteiger partial charge in [0.15, 0.2) is 0 Å². The van der Waals surface area contributed by atoms with Crippen LogP contribution in [0.25, 0.3) is 0 Å². The molecule has 1 N–H and O–H groups in total. The van der Waals surface area contributed by atoms with Gasteiger partial charge in [0.25, 0.3) is 0 Å². The van der Waals surface area contributed by atoms with E-state index >= 15 is 0 Å². The van der Waals surface area contributed by atoms with Crippen LogP contribution in [0.2, 0.25) is 0 Å². The van der Waals surface area contributed by atoms with Crippen LogP contribution in [0.3, 0.4) is 0 Å². The van der Waals surface area contributed by atoms with Gasteiger partial charge in [-0.2, -0.15) is 5.10 Å². The molecule has 106 valence electrons. The zero-order valence-electron chi connectivity index (χ0n) is 11.8. The van der Waals surface area contributed by atoms with E-state index in [9.17, 15) is 4.79 Å². The molecule has 0 atom stereocenters. The highest BCUT2D eigenvalue weighted by Crippen LogP contribution is 1.98. The van der Waals surface area contributed by atoms with Crippen molar-refractivity contribution in [3.8, 4) is 0 Å². The third-order valence-corrected chi connectivity index (χ3v) is 2.92. The molecule has 2 heterocycles. The highest BCUT2D eigenvalue weighted by atomic mass is 16.1. The standard InChI is InChI=1S/C14H19N5O/c1-11-17-12(2)19(18-11)8-4-7-16-14(20)9-13-5-3-6-15-10-13/h3,5-6,10H,4,7-9H2,1-2H3,(H,16,20). The van der Waals surface area contributed by atoms with Gasteiger partial charge in [0.05, 0.1) is 6.42 Å². The number of carbonyl (C=O) groups excluding carboxylic acids is 1. The normalized spacial score (nSPS) is 10.5. The highest BCUT2D eigenvalue weighted by molar-refractivity contribution is 5.78. The Balaban J connectivity index is 1.68. The van der Waals surface area contributed by atoms with Gasteiger partial charge in [-0.05, 0) is 31.9 Å². The second kappa shape index (κ2) is 6.79. The fourth-order valence-corrected chi connectivity index (χ4v) is 1.98. The third kappa shape index (κ3) is 4.15. The first-order valence-electron chi connectivity index (χ1n) is 6.69. The minimum Gasteiger partial charge on any atom is -0.356 e. The van der Waals surface area contributed by atoms with Crippen molar-refractivity contribution >= 4 is 5.91 Å². The number of rotatable bonds is 6. The lowest BCUT2D eigenvalue weighted by atomic mass is 10.2. The van der Waals surface area contributed by atoms with Crippen molar-refractivity contribution in [2.75, 3.05) is 6.54 Å². The van der Waals surface area contributed by atoms with Gasteiger partial charge in [-0.25, -0.2) is 4.98 Å². The molecule has 2 rings (SSSR count). The summed E-state index contributed by atoms with van der Waals surface area (Å²) < 4.78 is 1.86. The summed E-state index contributed by atoms with van der Waals surface area (Å²) in [6.07, 6.45) is 4.61. The Morgan fingerprint density at radius 3 is 2.90 bits per heavy atom. The van der Waals surface area contributed by atoms with Gasteiger partial charge in [-0.3, -0.25) is 14.5 Å². The Kier molecular flexibility index (Phi) is 4.81. The van der Waals surface area contributed by atoms with Crippen LogP contribution in [0.1, 0.15) is 23.6 Å². The van der Waals surface area contributed by atoms with E-state index in [1.807, 2.05) is 30.7 Å². The number of nitrogens with zero attached hydrogens (tertiary/aromatic N) is 4. The first-order chi connectivity index (χ1) is 9.65. The van der Waals surface area contributed by atoms with E-state index in [4.69, 9.17) is 0 Å². The minimum absolute atomic E-state index is 0.0180. The highest BCUT2D eigenvalue weighted by Gasteiger charge is 2.04. The Bertz CT molecular complexity index is 564. The minimum atomic E-state index is 0.0180. The second-order valence-electron chi connectivity index (χ2n) is 4.67. The fraction of sp³-hybridized carbons (Fsp3) is 0.429. The Morgan fingerprint density at radius 1 is 1.40 bits per heavy atom. The van der Waals surface area contributed by atoms with Gasteiger partial charge in [-0.1, -0.05) is 6.07 Å². The van der Waals surface area contributed by atoms with Crippen LogP contribution in [-0.2, 0) is 17.8 Å². The van der Waals surface area contributed by atoms with Gasteiger partial charge in [-0.15, -0.1) is 0 Å². The van der Waals surface area contributed by atoms with E-state index in [1.54, 1.807) is 12.4 Å². The van der Waals surface area contributed by atoms with Crippen molar-refractivity contribution in [3.63, 3.8) is 0 Å². The zero-order valence-corrected chi connectivity index (χ0v) is 11.8. The molecule has 0 radical (unpaired) electrons. The molecule has 0 saturated carbocycles. The van der Waals surface area contributed by atoms with E-state index in [2.05, 4.69) is 20.4 Å². The molecule has 1 amide bonds. The molecule has 0 bridgehead atoms. The molecule has 0 aliphatic heterocycles. The van der Waals surface area contributed by atoms with Crippen LogP contribution in [0.5, 0.6) is 0 Å². The van der Waals surface area contributed by atoms with E-state index in [0.29, 0.717) is 13.0 Å². The summed E-state index contributed by atoms with van der Waals surface area (Å²) in [5, 5.41) is 7.18. The predicted molar refractivity (Wildman–Crippen MR) is 75.1 cm³/mol. The number of hydrogen-bond donors (Lipinski definition) is 1. The number of aryl methyl sites for hydroxylation is 3. The summed E-state index contributed by atoms with van der Waals surface area (Å²) in [6, 6.07) is 3.73. The molecule has 6 nitrogen and oxygen atoms in total. The van der Waals surface area contributed by atoms with E-state index < -0.39 is 0 Å². The molecule has 2 aromatic heterocycles. The maximum absolute atomic E-state index is 11.7. The largest absolute Gasteiger partial charge is 0.356 e. The number of carbonyl (C=O) groups is 1. The zero-order chi connectivity index (χ0) is 14.4. The van der Waals surface area contributed by atoms with Crippen molar-refractivity contribution in [1.29, 1.82) is 0 Å². The lowest BCUT2D eigenvalue weighted by Gasteiger charge is -2.06. The summed E-state index contributed by atoms with van der Waals surface area (Å²) in [4.78, 5) is 19.9. The number of nitrogens with one attached hydrogen (secondary N) is 1. The lowest BCUT2D eigenvalue weighted by Crippen LogP contribution is -2.27. The smallest absolute Gasteiger partial charge is 0.224 e. The van der Waals surface area contributed by atoms with Crippen LogP contribution in [-0.4, -0.2) is 32.2 Å². The van der Waals surface area contributed by atoms with Crippen LogP contribution < -0.4 is 5.32 Å². The van der Waals surface area contributed by atoms with Crippen molar-refractivity contribution in [2.45, 2.75) is 33.2 Å². The van der Waals surface area contributed by atoms with Crippen LogP contribution in [0.4, 0.5) is 0 Å². The molecule has 0 fully saturated rings. The van der Waals surface area contributed by atoms with Gasteiger partial charge < -0.3 is 5.32 Å². The van der Waals surface area contributed by atoms with Crippen LogP contribution in [0.15, 0.2) is 24.5 Å². The molecule has 20 heavy (non-hydrogen) atoms. The van der Waals surface area contributed by atoms with Gasteiger partial charge >= 0.3 is 0 Å². The number of pyridine rings is 1. The Labute approximate surface area is 118 Å². The Morgan fingerprint density at radius 2 is 2.25 bits per heavy atom. The SMILES string of the molecule is Cc1nc(C)n(CCCNC(=O)Cc2cccnc2)n1. The molecule has 0 aliphatic carbocycles. The molecule has 0 saturated heterocycles. The molecule has 6 heteroatoms. The van der Waals surface area contributed by atoms with Crippen LogP contribution in [0, 0.1) is 13.8 Å². The molecule has 0 aromatic carbocycles. The van der Waals surface area contributed by atoms with Crippen molar-refractivity contribution in [1.82, 2.24) is 25.1 Å². The monoisotopic (exact) mass is 273 g/mol. The quantitative estimate of drug-likeness (QED) is 0.798. The summed E-state index contributed by atoms with van der Waals surface area (Å²) in [5.41, 5.74) is 0.924. The summed E-state index contributed by atoms with van der Waals surface area (Å²) >= 11 is 0. The van der Waals surface area contributed by atoms with E-state index in [1.165, 1.54) is 0 Å². The first-order valence-corrected chi connectivity index (χ1v) is 6.69. The Hall–Kier alpha value is -2.24. The van der Waals surface area contributed by atoms with Gasteiger partial charge in [0, 0.05) is 25.5 Å². The number of amides is 1. The van der Waals surface area contributed by atoms with Crippen molar-refractivity contribution in [3.05, 3.63) is 41.7 Å². The van der Waals surface area contributed by atoms with E-state index in [0.717, 1.165) is 30.2 Å². The van der Waals surface area contributed by atoms with Gasteiger partial charge in [0.1, 0.15) is 11.6 Å². The number of aromatic nitrogens is 4. The van der Waals surface area contributed by atoms with Gasteiger partial charge in [0.2, 0.25) is 5.91 Å². The molecule has 0 unspecified atom stereocenters. The average molecular weight is 273 g/mol. The molecule has 0 spiro atoms. The maximum atomic E-state index is 11.7. The predicted octanol–water partition coefficient (Wildman–Crippen LogP) is 1.04. The molecular formula is C14H19N5O. The molecule has 0 aliphatic rings. The van der Waals surface area contributed by atoms with Crippen LogP contribution >= 0.6 is 0 Å². The maximum Gasteiger partial charge on any atom is 0.224 e. The van der Waals surface area contributed by atoms with Crippen molar-refractivity contribution < 1.29 is 4.79 Å². The number of hydrogen-bond acceptors (Lipinski definition) is 4. The molecule has 2 aromatic rings. The summed E-state index contributed by atoms with van der Waals surface area (Å²) in [5.74, 6) is 1.71. The fourth-order valence-electron chi connectivity index (χ4n) is 1.98. The summed E-state index contributed by atoms with van der Waals surface area (Å²) in [6.45, 7) is 5.21. The lowest BCUT2D eigenvalue weighted by molar-refractivity contribution is -0.120. The van der Waals surface area contributed by atoms with E-state index in [-0.39, 0.29) is 5.91 Å². The average Bonchev–Trinajstić information content (AvgIpc) is 2.74. The summed E-state index contributed by atoms with van der Waals surface area (Å²) in [7, 11) is 0. The topological polar surface area (TPSA) is 72.7 Å². The first kappa shape index (κ1) is 14.2. The molecular weight excluding hydrogens is 254 g/mol. The van der Waals surface area contributed by atoms with Crippen molar-refractivity contribution in [2.24, 2.45) is 0 Å².